The van der Waals surface area contributed by atoms with Crippen molar-refractivity contribution in [2.45, 2.75) is 24.5 Å². The predicted octanol–water partition coefficient (Wildman–Crippen LogP) is 3.12. The van der Waals surface area contributed by atoms with Gasteiger partial charge in [0.1, 0.15) is 0 Å². The lowest BCUT2D eigenvalue weighted by Gasteiger charge is -2.21. The van der Waals surface area contributed by atoms with E-state index in [4.69, 9.17) is 10.00 Å². The molecule has 2 aromatic heterocycles. The van der Waals surface area contributed by atoms with Crippen molar-refractivity contribution in [3.63, 3.8) is 0 Å². The maximum Gasteiger partial charge on any atom is 0.262 e. The standard InChI is InChI=1S/C24H24N6O3S/c1-33-16-8-15-29-22(32)19-11-5-6-12-20(19)30-23(29)26-27-24(30)34-17-21(31)28(14-7-13-25)18-9-3-2-4-10-18/h2-6,9-12H,7-8,14-17H2,1H3. The van der Waals surface area contributed by atoms with E-state index >= 15 is 0 Å². The second kappa shape index (κ2) is 11.0. The van der Waals surface area contributed by atoms with Gasteiger partial charge in [-0.3, -0.25) is 18.6 Å². The first kappa shape index (κ1) is 23.5. The van der Waals surface area contributed by atoms with Crippen molar-refractivity contribution in [1.82, 2.24) is 19.2 Å². The summed E-state index contributed by atoms with van der Waals surface area (Å²) in [6.07, 6.45) is 0.890. The normalized spacial score (nSPS) is 11.1. The van der Waals surface area contributed by atoms with E-state index in [-0.39, 0.29) is 23.6 Å². The highest BCUT2D eigenvalue weighted by atomic mass is 32.2. The quantitative estimate of drug-likeness (QED) is 0.256. The molecule has 4 rings (SSSR count). The van der Waals surface area contributed by atoms with Crippen LogP contribution in [0.15, 0.2) is 64.5 Å². The lowest BCUT2D eigenvalue weighted by molar-refractivity contribution is -0.116. The molecule has 2 heterocycles. The Bertz CT molecular complexity index is 1390. The van der Waals surface area contributed by atoms with Crippen molar-refractivity contribution in [1.29, 1.82) is 5.26 Å². The predicted molar refractivity (Wildman–Crippen MR) is 131 cm³/mol. The fourth-order valence-electron chi connectivity index (χ4n) is 3.77. The molecule has 0 aliphatic carbocycles. The highest BCUT2D eigenvalue weighted by Gasteiger charge is 2.20. The van der Waals surface area contributed by atoms with Crippen LogP contribution in [0, 0.1) is 11.3 Å². The number of carbonyl (C=O) groups excluding carboxylic acids is 1. The van der Waals surface area contributed by atoms with Gasteiger partial charge in [-0.2, -0.15) is 5.26 Å². The van der Waals surface area contributed by atoms with Crippen molar-refractivity contribution in [3.05, 3.63) is 65.0 Å². The number of hydrogen-bond acceptors (Lipinski definition) is 7. The summed E-state index contributed by atoms with van der Waals surface area (Å²) in [6.45, 7) is 1.27. The van der Waals surface area contributed by atoms with Gasteiger partial charge in [-0.25, -0.2) is 0 Å². The number of nitrogens with zero attached hydrogens (tertiary/aromatic N) is 6. The molecule has 0 saturated carbocycles. The van der Waals surface area contributed by atoms with Crippen LogP contribution in [0.5, 0.6) is 0 Å². The number of hydrogen-bond donors (Lipinski definition) is 0. The second-order valence-electron chi connectivity index (χ2n) is 7.52. The summed E-state index contributed by atoms with van der Waals surface area (Å²) < 4.78 is 8.56. The molecule has 0 atom stereocenters. The maximum atomic E-state index is 13.1. The smallest absolute Gasteiger partial charge is 0.262 e. The van der Waals surface area contributed by atoms with Crippen LogP contribution in [0.4, 0.5) is 5.69 Å². The molecule has 0 bridgehead atoms. The molecular formula is C24H24N6O3S. The monoisotopic (exact) mass is 476 g/mol. The van der Waals surface area contributed by atoms with Gasteiger partial charge in [0, 0.05) is 32.5 Å². The second-order valence-corrected chi connectivity index (χ2v) is 8.46. The van der Waals surface area contributed by atoms with E-state index in [9.17, 15) is 9.59 Å². The van der Waals surface area contributed by atoms with E-state index < -0.39 is 0 Å². The molecule has 10 heteroatoms. The molecule has 34 heavy (non-hydrogen) atoms. The summed E-state index contributed by atoms with van der Waals surface area (Å²) in [5.41, 5.74) is 1.30. The van der Waals surface area contributed by atoms with Crippen molar-refractivity contribution in [2.75, 3.05) is 30.9 Å². The molecule has 9 nitrogen and oxygen atoms in total. The Morgan fingerprint density at radius 1 is 1.15 bits per heavy atom. The highest BCUT2D eigenvalue weighted by molar-refractivity contribution is 7.99. The zero-order valence-corrected chi connectivity index (χ0v) is 19.6. The van der Waals surface area contributed by atoms with Gasteiger partial charge in [-0.05, 0) is 30.7 Å². The Kier molecular flexibility index (Phi) is 7.57. The molecule has 0 fully saturated rings. The first-order valence-corrected chi connectivity index (χ1v) is 11.8. The number of carbonyl (C=O) groups is 1. The van der Waals surface area contributed by atoms with Gasteiger partial charge >= 0.3 is 0 Å². The van der Waals surface area contributed by atoms with Crippen LogP contribution in [0.2, 0.25) is 0 Å². The van der Waals surface area contributed by atoms with Crippen LogP contribution >= 0.6 is 11.8 Å². The number of ether oxygens (including phenoxy) is 1. The van der Waals surface area contributed by atoms with Crippen molar-refractivity contribution < 1.29 is 9.53 Å². The minimum Gasteiger partial charge on any atom is -0.385 e. The Morgan fingerprint density at radius 3 is 2.68 bits per heavy atom. The minimum atomic E-state index is -0.138. The molecule has 0 saturated heterocycles. The lowest BCUT2D eigenvalue weighted by atomic mass is 10.2. The number of aromatic nitrogens is 4. The maximum absolute atomic E-state index is 13.1. The Morgan fingerprint density at radius 2 is 1.91 bits per heavy atom. The summed E-state index contributed by atoms with van der Waals surface area (Å²) in [6, 6.07) is 18.7. The average Bonchev–Trinajstić information content (AvgIpc) is 3.29. The number of benzene rings is 2. The van der Waals surface area contributed by atoms with Crippen LogP contribution in [0.25, 0.3) is 16.7 Å². The highest BCUT2D eigenvalue weighted by Crippen LogP contribution is 2.23. The van der Waals surface area contributed by atoms with Crippen molar-refractivity contribution in [3.8, 4) is 6.07 Å². The van der Waals surface area contributed by atoms with Crippen LogP contribution < -0.4 is 10.5 Å². The Hall–Kier alpha value is -3.68. The summed E-state index contributed by atoms with van der Waals surface area (Å²) in [5, 5.41) is 18.7. The Labute approximate surface area is 200 Å². The summed E-state index contributed by atoms with van der Waals surface area (Å²) in [4.78, 5) is 27.8. The van der Waals surface area contributed by atoms with Gasteiger partial charge in [0.25, 0.3) is 5.56 Å². The van der Waals surface area contributed by atoms with Gasteiger partial charge in [-0.1, -0.05) is 42.1 Å². The van der Waals surface area contributed by atoms with Crippen molar-refractivity contribution in [2.24, 2.45) is 0 Å². The average molecular weight is 477 g/mol. The van der Waals surface area contributed by atoms with Crippen LogP contribution in [-0.4, -0.2) is 51.1 Å². The first-order chi connectivity index (χ1) is 16.7. The van der Waals surface area contributed by atoms with Gasteiger partial charge in [0.2, 0.25) is 11.7 Å². The van der Waals surface area contributed by atoms with Gasteiger partial charge in [0.15, 0.2) is 5.16 Å². The number of rotatable bonds is 10. The summed E-state index contributed by atoms with van der Waals surface area (Å²) in [7, 11) is 1.62. The molecule has 2 aromatic carbocycles. The number of methoxy groups -OCH3 is 1. The lowest BCUT2D eigenvalue weighted by Crippen LogP contribution is -2.33. The molecular weight excluding hydrogens is 452 g/mol. The number of para-hydroxylation sites is 2. The number of nitriles is 1. The Balaban J connectivity index is 1.66. The number of amides is 1. The largest absolute Gasteiger partial charge is 0.385 e. The SMILES string of the molecule is COCCCn1c(=O)c2ccccc2n2c(SCC(=O)N(CCC#N)c3ccccc3)nnc12. The molecule has 0 aliphatic heterocycles. The summed E-state index contributed by atoms with van der Waals surface area (Å²) in [5.74, 6) is 0.401. The third kappa shape index (κ3) is 4.81. The third-order valence-electron chi connectivity index (χ3n) is 5.35. The number of fused-ring (bicyclic) bond motifs is 3. The first-order valence-electron chi connectivity index (χ1n) is 10.9. The molecule has 0 aliphatic rings. The van der Waals surface area contributed by atoms with Crippen LogP contribution in [-0.2, 0) is 16.1 Å². The number of aryl methyl sites for hydroxylation is 1. The molecule has 0 radical (unpaired) electrons. The number of anilines is 1. The molecule has 0 unspecified atom stereocenters. The third-order valence-corrected chi connectivity index (χ3v) is 6.26. The fourth-order valence-corrected chi connectivity index (χ4v) is 4.58. The van der Waals surface area contributed by atoms with Gasteiger partial charge < -0.3 is 9.64 Å². The molecule has 0 N–H and O–H groups in total. The zero-order chi connectivity index (χ0) is 23.9. The van der Waals surface area contributed by atoms with Crippen LogP contribution in [0.3, 0.4) is 0 Å². The molecule has 174 valence electrons. The van der Waals surface area contributed by atoms with Gasteiger partial charge in [-0.15, -0.1) is 10.2 Å². The van der Waals surface area contributed by atoms with Crippen molar-refractivity contribution >= 4 is 40.0 Å². The van der Waals surface area contributed by atoms with E-state index in [1.165, 1.54) is 11.8 Å². The number of thioether (sulfide) groups is 1. The summed E-state index contributed by atoms with van der Waals surface area (Å²) >= 11 is 1.25. The van der Waals surface area contributed by atoms with Crippen LogP contribution in [0.1, 0.15) is 12.8 Å². The van der Waals surface area contributed by atoms with E-state index in [2.05, 4.69) is 16.3 Å². The topological polar surface area (TPSA) is 106 Å². The van der Waals surface area contributed by atoms with Gasteiger partial charge in [0.05, 0.1) is 29.1 Å². The van der Waals surface area contributed by atoms with E-state index in [1.807, 2.05) is 52.9 Å². The van der Waals surface area contributed by atoms with E-state index in [0.717, 1.165) is 5.69 Å². The molecule has 0 spiro atoms. The fraction of sp³-hybridized carbons (Fsp3) is 0.292. The zero-order valence-electron chi connectivity index (χ0n) is 18.8. The molecule has 4 aromatic rings. The minimum absolute atomic E-state index is 0.109. The molecule has 1 amide bonds. The van der Waals surface area contributed by atoms with E-state index in [1.54, 1.807) is 22.6 Å². The van der Waals surface area contributed by atoms with E-state index in [0.29, 0.717) is 48.0 Å².